The number of nitrogens with zero attached hydrogens (tertiary/aromatic N) is 1. The average Bonchev–Trinajstić information content (AvgIpc) is 2.78. The molecule has 0 saturated carbocycles. The second-order valence-corrected chi connectivity index (χ2v) is 4.13. The largest absolute Gasteiger partial charge is 0.511 e. The molecule has 2 rings (SSSR count). The van der Waals surface area contributed by atoms with Gasteiger partial charge in [-0.1, -0.05) is 12.1 Å². The van der Waals surface area contributed by atoms with Crippen molar-refractivity contribution in [1.29, 1.82) is 5.26 Å². The molecule has 0 aliphatic heterocycles. The Bertz CT molecular complexity index is 806. The molecule has 1 heterocycles. The molecular formula is C14H10N2O5. The summed E-state index contributed by atoms with van der Waals surface area (Å²) >= 11 is 0. The van der Waals surface area contributed by atoms with E-state index >= 15 is 0 Å². The number of amides is 1. The molecule has 0 saturated heterocycles. The summed E-state index contributed by atoms with van der Waals surface area (Å²) in [6.45, 7) is 1.18. The monoisotopic (exact) mass is 286 g/mol. The van der Waals surface area contributed by atoms with Gasteiger partial charge in [-0.15, -0.1) is 0 Å². The molecule has 0 aliphatic rings. The Morgan fingerprint density at radius 3 is 2.52 bits per heavy atom. The van der Waals surface area contributed by atoms with E-state index in [1.165, 1.54) is 6.92 Å². The summed E-state index contributed by atoms with van der Waals surface area (Å²) in [5, 5.41) is 29.9. The molecule has 2 aromatic rings. The molecule has 0 radical (unpaired) electrons. The third kappa shape index (κ3) is 2.55. The Kier molecular flexibility index (Phi) is 3.63. The quantitative estimate of drug-likeness (QED) is 0.452. The number of furan rings is 1. The number of para-hydroxylation sites is 1. The average molecular weight is 286 g/mol. The molecule has 7 heteroatoms. The fraction of sp³-hybridized carbons (Fsp3) is 0.0714. The van der Waals surface area contributed by atoms with Gasteiger partial charge in [0.05, 0.1) is 0 Å². The molecule has 1 amide bonds. The molecule has 106 valence electrons. The van der Waals surface area contributed by atoms with Crippen LogP contribution in [0.2, 0.25) is 0 Å². The number of aliphatic hydroxyl groups is 1. The summed E-state index contributed by atoms with van der Waals surface area (Å²) in [7, 11) is 0. The highest BCUT2D eigenvalue weighted by atomic mass is 16.4. The number of carbonyl (C=O) groups is 2. The van der Waals surface area contributed by atoms with Crippen molar-refractivity contribution >= 4 is 28.5 Å². The van der Waals surface area contributed by atoms with E-state index in [1.807, 2.05) is 0 Å². The van der Waals surface area contributed by atoms with Crippen molar-refractivity contribution in [3.63, 3.8) is 0 Å². The van der Waals surface area contributed by atoms with Gasteiger partial charge in [0, 0.05) is 5.39 Å². The minimum absolute atomic E-state index is 0.0582. The summed E-state index contributed by atoms with van der Waals surface area (Å²) in [6.07, 6.45) is 0. The SMILES string of the molecule is C/C(O)=C(\C#N)C(=O)Nc1c(C(=O)O)oc2ccccc12. The van der Waals surface area contributed by atoms with Crippen LogP contribution in [0.4, 0.5) is 5.69 Å². The van der Waals surface area contributed by atoms with Crippen LogP contribution in [0.25, 0.3) is 11.0 Å². The molecule has 0 fully saturated rings. The number of nitrogens with one attached hydrogen (secondary N) is 1. The van der Waals surface area contributed by atoms with Crippen LogP contribution in [0, 0.1) is 11.3 Å². The second kappa shape index (κ2) is 5.38. The van der Waals surface area contributed by atoms with Gasteiger partial charge in [0.15, 0.2) is 5.57 Å². The molecular weight excluding hydrogens is 276 g/mol. The predicted octanol–water partition coefficient (Wildman–Crippen LogP) is 2.43. The molecule has 0 spiro atoms. The van der Waals surface area contributed by atoms with Crippen LogP contribution in [0.3, 0.4) is 0 Å². The summed E-state index contributed by atoms with van der Waals surface area (Å²) in [4.78, 5) is 23.1. The Labute approximate surface area is 118 Å². The first-order chi connectivity index (χ1) is 9.95. The minimum atomic E-state index is -1.36. The van der Waals surface area contributed by atoms with E-state index in [2.05, 4.69) is 5.32 Å². The predicted molar refractivity (Wildman–Crippen MR) is 72.7 cm³/mol. The lowest BCUT2D eigenvalue weighted by atomic mass is 10.2. The number of rotatable bonds is 3. The highest BCUT2D eigenvalue weighted by Crippen LogP contribution is 2.31. The number of hydrogen-bond donors (Lipinski definition) is 3. The van der Waals surface area contributed by atoms with E-state index in [-0.39, 0.29) is 11.3 Å². The van der Waals surface area contributed by atoms with Gasteiger partial charge >= 0.3 is 5.97 Å². The van der Waals surface area contributed by atoms with Gasteiger partial charge in [0.2, 0.25) is 5.76 Å². The van der Waals surface area contributed by atoms with Gasteiger partial charge in [-0.25, -0.2) is 4.79 Å². The van der Waals surface area contributed by atoms with Crippen molar-refractivity contribution in [1.82, 2.24) is 0 Å². The van der Waals surface area contributed by atoms with Gasteiger partial charge in [0.1, 0.15) is 23.1 Å². The van der Waals surface area contributed by atoms with Gasteiger partial charge in [0.25, 0.3) is 5.91 Å². The number of fused-ring (bicyclic) bond motifs is 1. The van der Waals surface area contributed by atoms with Crippen molar-refractivity contribution in [2.24, 2.45) is 0 Å². The molecule has 21 heavy (non-hydrogen) atoms. The molecule has 0 aliphatic carbocycles. The normalized spacial score (nSPS) is 11.6. The Balaban J connectivity index is 2.54. The number of allylic oxidation sites excluding steroid dienone is 1. The number of hydrogen-bond acceptors (Lipinski definition) is 5. The van der Waals surface area contributed by atoms with Gasteiger partial charge < -0.3 is 19.9 Å². The van der Waals surface area contributed by atoms with E-state index in [9.17, 15) is 14.7 Å². The molecule has 0 bridgehead atoms. The number of benzene rings is 1. The fourth-order valence-corrected chi connectivity index (χ4v) is 1.79. The summed E-state index contributed by atoms with van der Waals surface area (Å²) in [6, 6.07) is 7.98. The molecule has 1 aromatic heterocycles. The lowest BCUT2D eigenvalue weighted by molar-refractivity contribution is -0.112. The van der Waals surface area contributed by atoms with E-state index < -0.39 is 29.0 Å². The van der Waals surface area contributed by atoms with Crippen LogP contribution in [-0.4, -0.2) is 22.1 Å². The molecule has 3 N–H and O–H groups in total. The summed E-state index contributed by atoms with van der Waals surface area (Å²) in [5.74, 6) is -3.17. The number of nitriles is 1. The number of aromatic carboxylic acids is 1. The zero-order chi connectivity index (χ0) is 15.6. The Hall–Kier alpha value is -3.27. The topological polar surface area (TPSA) is 124 Å². The van der Waals surface area contributed by atoms with Crippen LogP contribution in [0.1, 0.15) is 17.5 Å². The van der Waals surface area contributed by atoms with Crippen molar-refractivity contribution in [2.75, 3.05) is 5.32 Å². The smallest absolute Gasteiger partial charge is 0.374 e. The van der Waals surface area contributed by atoms with Crippen molar-refractivity contribution in [3.05, 3.63) is 41.4 Å². The van der Waals surface area contributed by atoms with Crippen LogP contribution >= 0.6 is 0 Å². The first-order valence-corrected chi connectivity index (χ1v) is 5.81. The maximum absolute atomic E-state index is 11.9. The second-order valence-electron chi connectivity index (χ2n) is 4.13. The van der Waals surface area contributed by atoms with Gasteiger partial charge in [-0.3, -0.25) is 4.79 Å². The van der Waals surface area contributed by atoms with E-state index in [0.717, 1.165) is 0 Å². The van der Waals surface area contributed by atoms with Crippen molar-refractivity contribution < 1.29 is 24.2 Å². The number of anilines is 1. The van der Waals surface area contributed by atoms with Crippen LogP contribution in [0.15, 0.2) is 40.0 Å². The van der Waals surface area contributed by atoms with Gasteiger partial charge in [-0.05, 0) is 19.1 Å². The highest BCUT2D eigenvalue weighted by Gasteiger charge is 2.23. The molecule has 0 atom stereocenters. The van der Waals surface area contributed by atoms with E-state index in [4.69, 9.17) is 14.8 Å². The van der Waals surface area contributed by atoms with Crippen molar-refractivity contribution in [2.45, 2.75) is 6.92 Å². The number of carboxylic acids is 1. The first kappa shape index (κ1) is 14.1. The van der Waals surface area contributed by atoms with Crippen LogP contribution in [-0.2, 0) is 4.79 Å². The maximum Gasteiger partial charge on any atom is 0.374 e. The third-order valence-electron chi connectivity index (χ3n) is 2.73. The minimum Gasteiger partial charge on any atom is -0.511 e. The zero-order valence-electron chi connectivity index (χ0n) is 10.9. The van der Waals surface area contributed by atoms with Crippen LogP contribution < -0.4 is 5.32 Å². The highest BCUT2D eigenvalue weighted by molar-refractivity contribution is 6.14. The number of carbonyl (C=O) groups excluding carboxylic acids is 1. The molecule has 0 unspecified atom stereocenters. The van der Waals surface area contributed by atoms with Crippen molar-refractivity contribution in [3.8, 4) is 6.07 Å². The fourth-order valence-electron chi connectivity index (χ4n) is 1.79. The zero-order valence-corrected chi connectivity index (χ0v) is 10.9. The number of carboxylic acid groups (broad SMARTS) is 1. The maximum atomic E-state index is 11.9. The third-order valence-corrected chi connectivity index (χ3v) is 2.73. The summed E-state index contributed by atoms with van der Waals surface area (Å²) < 4.78 is 5.16. The van der Waals surface area contributed by atoms with E-state index in [1.54, 1.807) is 30.3 Å². The summed E-state index contributed by atoms with van der Waals surface area (Å²) in [5.41, 5.74) is -0.276. The first-order valence-electron chi connectivity index (χ1n) is 5.81. The lowest BCUT2D eigenvalue weighted by Gasteiger charge is -2.04. The standard InChI is InChI=1S/C14H10N2O5/c1-7(17)9(6-15)13(18)16-11-8-4-2-3-5-10(8)21-12(11)14(19)20/h2-5,17H,1H3,(H,16,18)(H,19,20)/b9-7-. The Morgan fingerprint density at radius 2 is 1.95 bits per heavy atom. The lowest BCUT2D eigenvalue weighted by Crippen LogP contribution is -2.16. The number of aliphatic hydroxyl groups excluding tert-OH is 1. The van der Waals surface area contributed by atoms with Gasteiger partial charge in [-0.2, -0.15) is 5.26 Å². The van der Waals surface area contributed by atoms with Crippen LogP contribution in [0.5, 0.6) is 0 Å². The Morgan fingerprint density at radius 1 is 1.29 bits per heavy atom. The van der Waals surface area contributed by atoms with E-state index in [0.29, 0.717) is 5.39 Å². The molecule has 7 nitrogen and oxygen atoms in total. The molecule has 1 aromatic carbocycles.